The van der Waals surface area contributed by atoms with Crippen LogP contribution in [0.25, 0.3) is 17.1 Å². The van der Waals surface area contributed by atoms with Gasteiger partial charge in [0.2, 0.25) is 0 Å². The van der Waals surface area contributed by atoms with E-state index in [1.807, 2.05) is 47.0 Å². The molecule has 0 radical (unpaired) electrons. The van der Waals surface area contributed by atoms with Crippen LogP contribution >= 0.6 is 11.8 Å². The van der Waals surface area contributed by atoms with Crippen LogP contribution < -0.4 is 14.9 Å². The van der Waals surface area contributed by atoms with Gasteiger partial charge in [0, 0.05) is 11.3 Å². The Kier molecular flexibility index (Phi) is 7.71. The molecule has 184 valence electrons. The number of hydrogen-bond acceptors (Lipinski definition) is 9. The molecular formula is C25H23N5O5S. The number of phenolic OH excluding ortho intramolecular Hbond substituents is 2. The van der Waals surface area contributed by atoms with Gasteiger partial charge in [-0.2, -0.15) is 5.10 Å². The summed E-state index contributed by atoms with van der Waals surface area (Å²) >= 11 is 1.21. The molecule has 1 aromatic heterocycles. The Morgan fingerprint density at radius 3 is 2.50 bits per heavy atom. The number of rotatable bonds is 9. The van der Waals surface area contributed by atoms with Crippen LogP contribution in [0, 0.1) is 0 Å². The fraction of sp³-hybridized carbons (Fsp3) is 0.120. The summed E-state index contributed by atoms with van der Waals surface area (Å²) in [4.78, 5) is 12.4. The Morgan fingerprint density at radius 1 is 1.00 bits per heavy atom. The van der Waals surface area contributed by atoms with Crippen molar-refractivity contribution in [2.24, 2.45) is 5.10 Å². The number of carbonyl (C=O) groups is 1. The lowest BCUT2D eigenvalue weighted by Crippen LogP contribution is -2.20. The Morgan fingerprint density at radius 2 is 1.78 bits per heavy atom. The van der Waals surface area contributed by atoms with Crippen LogP contribution in [-0.2, 0) is 4.79 Å². The molecule has 36 heavy (non-hydrogen) atoms. The molecule has 4 rings (SSSR count). The third-order valence-electron chi connectivity index (χ3n) is 5.02. The molecule has 1 amide bonds. The van der Waals surface area contributed by atoms with Gasteiger partial charge in [-0.25, -0.2) is 5.43 Å². The normalized spacial score (nSPS) is 10.9. The molecule has 11 heteroatoms. The van der Waals surface area contributed by atoms with E-state index in [-0.39, 0.29) is 23.2 Å². The monoisotopic (exact) mass is 505 g/mol. The van der Waals surface area contributed by atoms with E-state index in [0.717, 1.165) is 11.3 Å². The van der Waals surface area contributed by atoms with Crippen molar-refractivity contribution >= 4 is 23.9 Å². The van der Waals surface area contributed by atoms with E-state index in [1.54, 1.807) is 26.4 Å². The van der Waals surface area contributed by atoms with Crippen molar-refractivity contribution in [1.82, 2.24) is 20.2 Å². The van der Waals surface area contributed by atoms with Crippen molar-refractivity contribution in [1.29, 1.82) is 0 Å². The van der Waals surface area contributed by atoms with Crippen LogP contribution in [0.1, 0.15) is 5.56 Å². The Bertz CT molecular complexity index is 1390. The summed E-state index contributed by atoms with van der Waals surface area (Å²) in [7, 11) is 3.14. The van der Waals surface area contributed by atoms with Gasteiger partial charge in [-0.05, 0) is 54.1 Å². The smallest absolute Gasteiger partial charge is 0.250 e. The predicted octanol–water partition coefficient (Wildman–Crippen LogP) is 3.61. The molecule has 0 aliphatic carbocycles. The van der Waals surface area contributed by atoms with Crippen molar-refractivity contribution in [2.75, 3.05) is 20.0 Å². The molecule has 0 saturated carbocycles. The minimum atomic E-state index is -0.352. The number of methoxy groups -OCH3 is 2. The van der Waals surface area contributed by atoms with Crippen molar-refractivity contribution in [3.8, 4) is 40.1 Å². The molecule has 0 saturated heterocycles. The van der Waals surface area contributed by atoms with E-state index < -0.39 is 0 Å². The molecule has 0 unspecified atom stereocenters. The molecule has 4 aromatic rings. The summed E-state index contributed by atoms with van der Waals surface area (Å²) in [6.45, 7) is 0. The minimum Gasteiger partial charge on any atom is -0.504 e. The molecular weight excluding hydrogens is 482 g/mol. The van der Waals surface area contributed by atoms with Crippen LogP contribution in [0.4, 0.5) is 0 Å². The van der Waals surface area contributed by atoms with Gasteiger partial charge in [0.1, 0.15) is 0 Å². The average Bonchev–Trinajstić information content (AvgIpc) is 3.33. The Hall–Kier alpha value is -4.51. The standard InChI is InChI=1S/C25H23N5O5S/c1-34-21-11-9-17(13-22(21)35-2)24-28-29-25(30(24)18-6-4-3-5-7-18)36-15-23(33)27-26-14-16-8-10-19(31)20(32)12-16/h3-14,31-32H,15H2,1-2H3,(H,27,33)/b26-14+. The van der Waals surface area contributed by atoms with Gasteiger partial charge in [0.05, 0.1) is 26.2 Å². The predicted molar refractivity (Wildman–Crippen MR) is 136 cm³/mol. The molecule has 3 aromatic carbocycles. The van der Waals surface area contributed by atoms with Crippen LogP contribution in [0.15, 0.2) is 77.0 Å². The number of nitrogens with zero attached hydrogens (tertiary/aromatic N) is 4. The van der Waals surface area contributed by atoms with E-state index in [2.05, 4.69) is 20.7 Å². The second-order valence-corrected chi connectivity index (χ2v) is 8.32. The summed E-state index contributed by atoms with van der Waals surface area (Å²) in [5, 5.41) is 32.0. The number of thioether (sulfide) groups is 1. The number of carbonyl (C=O) groups excluding carboxylic acids is 1. The zero-order valence-electron chi connectivity index (χ0n) is 19.5. The lowest BCUT2D eigenvalue weighted by Gasteiger charge is -2.12. The zero-order valence-corrected chi connectivity index (χ0v) is 20.3. The van der Waals surface area contributed by atoms with Gasteiger partial charge in [-0.15, -0.1) is 10.2 Å². The maximum atomic E-state index is 12.4. The SMILES string of the molecule is COc1ccc(-c2nnc(SCC(=O)N/N=C/c3ccc(O)c(O)c3)n2-c2ccccc2)cc1OC. The maximum absolute atomic E-state index is 12.4. The van der Waals surface area contributed by atoms with Gasteiger partial charge in [-0.3, -0.25) is 9.36 Å². The summed E-state index contributed by atoms with van der Waals surface area (Å²) in [6.07, 6.45) is 1.36. The topological polar surface area (TPSA) is 131 Å². The molecule has 10 nitrogen and oxygen atoms in total. The average molecular weight is 506 g/mol. The summed E-state index contributed by atoms with van der Waals surface area (Å²) in [5.41, 5.74) is 4.55. The highest BCUT2D eigenvalue weighted by molar-refractivity contribution is 7.99. The number of aromatic nitrogens is 3. The van der Waals surface area contributed by atoms with Crippen LogP contribution in [0.5, 0.6) is 23.0 Å². The third-order valence-corrected chi connectivity index (χ3v) is 5.95. The highest BCUT2D eigenvalue weighted by Crippen LogP contribution is 2.34. The summed E-state index contributed by atoms with van der Waals surface area (Å²) < 4.78 is 12.6. The van der Waals surface area contributed by atoms with Gasteiger partial charge in [-0.1, -0.05) is 30.0 Å². The molecule has 0 spiro atoms. The van der Waals surface area contributed by atoms with Crippen LogP contribution in [-0.4, -0.2) is 57.1 Å². The molecule has 0 atom stereocenters. The van der Waals surface area contributed by atoms with Gasteiger partial charge in [0.25, 0.3) is 5.91 Å². The number of hydrogen-bond donors (Lipinski definition) is 3. The molecule has 1 heterocycles. The van der Waals surface area contributed by atoms with Crippen LogP contribution in [0.3, 0.4) is 0 Å². The molecule has 0 fully saturated rings. The lowest BCUT2D eigenvalue weighted by atomic mass is 10.2. The van der Waals surface area contributed by atoms with E-state index in [0.29, 0.717) is 28.0 Å². The van der Waals surface area contributed by atoms with E-state index in [9.17, 15) is 15.0 Å². The number of amides is 1. The Balaban J connectivity index is 1.53. The number of benzene rings is 3. The summed E-state index contributed by atoms with van der Waals surface area (Å²) in [5.74, 6) is 0.917. The van der Waals surface area contributed by atoms with Crippen molar-refractivity contribution in [3.05, 3.63) is 72.3 Å². The molecule has 0 aliphatic heterocycles. The highest BCUT2D eigenvalue weighted by atomic mass is 32.2. The Labute approximate surface area is 211 Å². The van der Waals surface area contributed by atoms with E-state index in [4.69, 9.17) is 9.47 Å². The number of aromatic hydroxyl groups is 2. The lowest BCUT2D eigenvalue weighted by molar-refractivity contribution is -0.118. The first kappa shape index (κ1) is 24.6. The summed E-state index contributed by atoms with van der Waals surface area (Å²) in [6, 6.07) is 19.3. The van der Waals surface area contributed by atoms with Crippen molar-refractivity contribution in [3.63, 3.8) is 0 Å². The highest BCUT2D eigenvalue weighted by Gasteiger charge is 2.18. The van der Waals surface area contributed by atoms with E-state index >= 15 is 0 Å². The van der Waals surface area contributed by atoms with Crippen molar-refractivity contribution in [2.45, 2.75) is 5.16 Å². The van der Waals surface area contributed by atoms with E-state index in [1.165, 1.54) is 30.1 Å². The fourth-order valence-corrected chi connectivity index (χ4v) is 4.04. The first-order chi connectivity index (χ1) is 17.5. The number of hydrazone groups is 1. The van der Waals surface area contributed by atoms with Crippen molar-refractivity contribution < 1.29 is 24.5 Å². The first-order valence-corrected chi connectivity index (χ1v) is 11.7. The number of nitrogens with one attached hydrogen (secondary N) is 1. The quantitative estimate of drug-likeness (QED) is 0.136. The molecule has 0 bridgehead atoms. The first-order valence-electron chi connectivity index (χ1n) is 10.7. The third kappa shape index (κ3) is 5.58. The molecule has 3 N–H and O–H groups in total. The maximum Gasteiger partial charge on any atom is 0.250 e. The van der Waals surface area contributed by atoms with Gasteiger partial charge >= 0.3 is 0 Å². The number of phenols is 2. The van der Waals surface area contributed by atoms with Gasteiger partial charge < -0.3 is 19.7 Å². The second-order valence-electron chi connectivity index (χ2n) is 7.38. The fourth-order valence-electron chi connectivity index (χ4n) is 3.30. The second kappa shape index (κ2) is 11.3. The van der Waals surface area contributed by atoms with Crippen LogP contribution in [0.2, 0.25) is 0 Å². The zero-order chi connectivity index (χ0) is 25.5. The number of para-hydroxylation sites is 1. The minimum absolute atomic E-state index is 0.0368. The molecule has 0 aliphatic rings. The van der Waals surface area contributed by atoms with Gasteiger partial charge in [0.15, 0.2) is 34.0 Å². The largest absolute Gasteiger partial charge is 0.504 e. The number of ether oxygens (including phenoxy) is 2.